The Morgan fingerprint density at radius 1 is 1.38 bits per heavy atom. The largest absolute Gasteiger partial charge is 0.394 e. The molecule has 3 rings (SSSR count). The maximum absolute atomic E-state index is 12.8. The summed E-state index contributed by atoms with van der Waals surface area (Å²) in [6, 6.07) is 9.23. The van der Waals surface area contributed by atoms with E-state index < -0.39 is 6.04 Å². The monoisotopic (exact) mass is 355 g/mol. The van der Waals surface area contributed by atoms with Crippen LogP contribution in [0, 0.1) is 11.3 Å². The van der Waals surface area contributed by atoms with E-state index in [2.05, 4.69) is 6.07 Å². The van der Waals surface area contributed by atoms with Gasteiger partial charge in [0.2, 0.25) is 5.91 Å². The van der Waals surface area contributed by atoms with Crippen molar-refractivity contribution in [2.75, 3.05) is 39.5 Å². The fraction of sp³-hybridized carbons (Fsp3) is 0.500. The first-order valence-corrected chi connectivity index (χ1v) is 9.04. The average molecular weight is 355 g/mol. The van der Waals surface area contributed by atoms with Gasteiger partial charge in [0.05, 0.1) is 38.5 Å². The summed E-state index contributed by atoms with van der Waals surface area (Å²) < 4.78 is 5.31. The number of ether oxygens (including phenoxy) is 1. The lowest BCUT2D eigenvalue weighted by Gasteiger charge is -2.52. The molecule has 6 nitrogen and oxygen atoms in total. The van der Waals surface area contributed by atoms with Crippen LogP contribution in [0.2, 0.25) is 0 Å². The summed E-state index contributed by atoms with van der Waals surface area (Å²) in [7, 11) is 0. The first-order chi connectivity index (χ1) is 12.7. The number of likely N-dealkylation sites (tertiary alicyclic amines) is 1. The number of aliphatic hydroxyl groups is 1. The predicted octanol–water partition coefficient (Wildman–Crippen LogP) is 1.23. The van der Waals surface area contributed by atoms with Crippen molar-refractivity contribution in [2.45, 2.75) is 24.9 Å². The van der Waals surface area contributed by atoms with Crippen LogP contribution in [0.1, 0.15) is 24.0 Å². The highest BCUT2D eigenvalue weighted by Crippen LogP contribution is 2.42. The molecular weight excluding hydrogens is 330 g/mol. The van der Waals surface area contributed by atoms with Crippen molar-refractivity contribution in [1.82, 2.24) is 9.80 Å². The van der Waals surface area contributed by atoms with Crippen LogP contribution < -0.4 is 0 Å². The van der Waals surface area contributed by atoms with Gasteiger partial charge in [0, 0.05) is 19.0 Å². The first-order valence-electron chi connectivity index (χ1n) is 9.04. The van der Waals surface area contributed by atoms with Gasteiger partial charge in [-0.3, -0.25) is 9.69 Å². The number of carbonyl (C=O) groups excluding carboxylic acids is 1. The first kappa shape index (κ1) is 18.6. The third-order valence-electron chi connectivity index (χ3n) is 5.18. The second kappa shape index (κ2) is 8.45. The highest BCUT2D eigenvalue weighted by Gasteiger charge is 2.52. The molecule has 3 atom stereocenters. The summed E-state index contributed by atoms with van der Waals surface area (Å²) in [5.74, 6) is -0.275. The number of rotatable bonds is 5. The number of nitrogens with zero attached hydrogens (tertiary/aromatic N) is 3. The lowest BCUT2D eigenvalue weighted by Crippen LogP contribution is -2.66. The number of hydrogen-bond acceptors (Lipinski definition) is 5. The summed E-state index contributed by atoms with van der Waals surface area (Å²) in [6.07, 6.45) is 3.95. The van der Waals surface area contributed by atoms with Gasteiger partial charge in [-0.05, 0) is 18.1 Å². The predicted molar refractivity (Wildman–Crippen MR) is 98.3 cm³/mol. The molecule has 0 aromatic heterocycles. The summed E-state index contributed by atoms with van der Waals surface area (Å²) in [5, 5.41) is 19.6. The molecule has 0 spiro atoms. The molecule has 2 fully saturated rings. The minimum atomic E-state index is -0.549. The number of benzene rings is 1. The molecule has 0 saturated carbocycles. The Bertz CT molecular complexity index is 706. The highest BCUT2D eigenvalue weighted by atomic mass is 16.5. The van der Waals surface area contributed by atoms with Crippen molar-refractivity contribution in [3.63, 3.8) is 0 Å². The van der Waals surface area contributed by atoms with Crippen LogP contribution >= 0.6 is 0 Å². The summed E-state index contributed by atoms with van der Waals surface area (Å²) in [4.78, 5) is 16.4. The topological polar surface area (TPSA) is 76.8 Å². The molecule has 2 aliphatic heterocycles. The second-order valence-electron chi connectivity index (χ2n) is 6.67. The van der Waals surface area contributed by atoms with Crippen molar-refractivity contribution >= 4 is 12.0 Å². The SMILES string of the molecule is C/C=C/c1ccccc1[C@H]1[C@@H](C#N)N(C(=O)CN2CCOCC2)[C@H]1CO. The zero-order valence-electron chi connectivity index (χ0n) is 15.0. The third-order valence-corrected chi connectivity index (χ3v) is 5.18. The molecule has 6 heteroatoms. The highest BCUT2D eigenvalue weighted by molar-refractivity contribution is 5.81. The molecule has 2 heterocycles. The van der Waals surface area contributed by atoms with Gasteiger partial charge in [0.1, 0.15) is 6.04 Å². The lowest BCUT2D eigenvalue weighted by atomic mass is 9.74. The van der Waals surface area contributed by atoms with Gasteiger partial charge in [0.15, 0.2) is 0 Å². The molecule has 0 radical (unpaired) electrons. The average Bonchev–Trinajstić information content (AvgIpc) is 2.64. The van der Waals surface area contributed by atoms with Gasteiger partial charge < -0.3 is 14.7 Å². The van der Waals surface area contributed by atoms with Gasteiger partial charge in [-0.25, -0.2) is 0 Å². The van der Waals surface area contributed by atoms with E-state index in [1.54, 1.807) is 4.90 Å². The van der Waals surface area contributed by atoms with E-state index in [1.165, 1.54) is 0 Å². The number of allylic oxidation sites excluding steroid dienone is 1. The number of nitriles is 1. The van der Waals surface area contributed by atoms with Gasteiger partial charge in [0.25, 0.3) is 0 Å². The maximum atomic E-state index is 12.8. The van der Waals surface area contributed by atoms with Crippen LogP contribution in [0.3, 0.4) is 0 Å². The van der Waals surface area contributed by atoms with Crippen molar-refractivity contribution < 1.29 is 14.6 Å². The van der Waals surface area contributed by atoms with Crippen LogP contribution in [-0.4, -0.2) is 72.4 Å². The van der Waals surface area contributed by atoms with Gasteiger partial charge in [-0.1, -0.05) is 36.4 Å². The van der Waals surface area contributed by atoms with Gasteiger partial charge in [-0.2, -0.15) is 5.26 Å². The normalized spacial score (nSPS) is 26.5. The zero-order chi connectivity index (χ0) is 18.5. The van der Waals surface area contributed by atoms with E-state index >= 15 is 0 Å². The molecule has 26 heavy (non-hydrogen) atoms. The van der Waals surface area contributed by atoms with Crippen LogP contribution in [0.25, 0.3) is 6.08 Å². The minimum absolute atomic E-state index is 0.0998. The molecule has 2 aliphatic rings. The van der Waals surface area contributed by atoms with E-state index in [-0.39, 0.29) is 31.0 Å². The van der Waals surface area contributed by atoms with Gasteiger partial charge in [-0.15, -0.1) is 0 Å². The van der Waals surface area contributed by atoms with Crippen molar-refractivity contribution in [1.29, 1.82) is 5.26 Å². The Kier molecular flexibility index (Phi) is 6.04. The van der Waals surface area contributed by atoms with Crippen molar-refractivity contribution in [3.05, 3.63) is 41.5 Å². The Morgan fingerprint density at radius 2 is 2.12 bits per heavy atom. The molecule has 138 valence electrons. The molecule has 2 saturated heterocycles. The smallest absolute Gasteiger partial charge is 0.238 e. The van der Waals surface area contributed by atoms with Crippen LogP contribution in [0.5, 0.6) is 0 Å². The van der Waals surface area contributed by atoms with Crippen LogP contribution in [0.15, 0.2) is 30.3 Å². The third kappa shape index (κ3) is 3.51. The fourth-order valence-electron chi connectivity index (χ4n) is 3.90. The second-order valence-corrected chi connectivity index (χ2v) is 6.67. The molecule has 0 aliphatic carbocycles. The van der Waals surface area contributed by atoms with E-state index in [1.807, 2.05) is 48.2 Å². The quantitative estimate of drug-likeness (QED) is 0.860. The minimum Gasteiger partial charge on any atom is -0.394 e. The molecular formula is C20H25N3O3. The van der Waals surface area contributed by atoms with Gasteiger partial charge >= 0.3 is 0 Å². The summed E-state index contributed by atoms with van der Waals surface area (Å²) in [6.45, 7) is 4.74. The molecule has 1 aromatic rings. The number of amides is 1. The van der Waals surface area contributed by atoms with Crippen LogP contribution in [0.4, 0.5) is 0 Å². The zero-order valence-corrected chi connectivity index (χ0v) is 15.0. The number of morpholine rings is 1. The summed E-state index contributed by atoms with van der Waals surface area (Å²) in [5.41, 5.74) is 2.03. The standard InChI is InChI=1S/C20H25N3O3/c1-2-5-15-6-3-4-7-16(15)20-17(12-21)23(18(20)14-24)19(25)13-22-8-10-26-11-9-22/h2-7,17-18,20,24H,8-11,13-14H2,1H3/b5-2+/t17-,18+,20+/m1/s1. The fourth-order valence-corrected chi connectivity index (χ4v) is 3.90. The molecule has 1 amide bonds. The number of hydrogen-bond donors (Lipinski definition) is 1. The Morgan fingerprint density at radius 3 is 2.77 bits per heavy atom. The Labute approximate surface area is 154 Å². The summed E-state index contributed by atoms with van der Waals surface area (Å²) >= 11 is 0. The lowest BCUT2D eigenvalue weighted by molar-refractivity contribution is -0.149. The van der Waals surface area contributed by atoms with E-state index in [9.17, 15) is 15.2 Å². The Hall–Kier alpha value is -2.20. The van der Waals surface area contributed by atoms with Crippen molar-refractivity contribution in [2.24, 2.45) is 0 Å². The van der Waals surface area contributed by atoms with E-state index in [4.69, 9.17) is 4.74 Å². The van der Waals surface area contributed by atoms with Crippen molar-refractivity contribution in [3.8, 4) is 6.07 Å². The molecule has 1 aromatic carbocycles. The number of carbonyl (C=O) groups is 1. The molecule has 0 unspecified atom stereocenters. The van der Waals surface area contributed by atoms with Crippen LogP contribution in [-0.2, 0) is 9.53 Å². The Balaban J connectivity index is 1.80. The number of aliphatic hydroxyl groups excluding tert-OH is 1. The maximum Gasteiger partial charge on any atom is 0.238 e. The van der Waals surface area contributed by atoms with E-state index in [0.29, 0.717) is 26.3 Å². The molecule has 1 N–H and O–H groups in total. The van der Waals surface area contributed by atoms with E-state index in [0.717, 1.165) is 11.1 Å². The molecule has 0 bridgehead atoms.